The maximum atomic E-state index is 11.1. The van der Waals surface area contributed by atoms with Crippen LogP contribution in [-0.2, 0) is 6.42 Å². The standard InChI is InChI=1S/C13H14N2O3/c1-3-4-11-10(13(16)17)7-14-12(15-11)9-5-6-18-8(9)2/h5-7H,3-4H2,1-2H3,(H,16,17). The molecule has 0 aliphatic heterocycles. The summed E-state index contributed by atoms with van der Waals surface area (Å²) in [5.74, 6) is 0.240. The van der Waals surface area contributed by atoms with Crippen molar-refractivity contribution in [3.63, 3.8) is 0 Å². The van der Waals surface area contributed by atoms with Crippen molar-refractivity contribution in [2.45, 2.75) is 26.7 Å². The molecule has 0 bridgehead atoms. The first-order valence-corrected chi connectivity index (χ1v) is 5.77. The van der Waals surface area contributed by atoms with Crippen molar-refractivity contribution >= 4 is 5.97 Å². The molecule has 0 amide bonds. The molecule has 0 saturated carbocycles. The second-order valence-corrected chi connectivity index (χ2v) is 4.00. The highest BCUT2D eigenvalue weighted by molar-refractivity contribution is 5.88. The third kappa shape index (κ3) is 2.25. The fourth-order valence-electron chi connectivity index (χ4n) is 1.77. The molecule has 5 nitrogen and oxygen atoms in total. The number of aromatic nitrogens is 2. The smallest absolute Gasteiger partial charge is 0.339 e. The summed E-state index contributed by atoms with van der Waals surface area (Å²) in [7, 11) is 0. The van der Waals surface area contributed by atoms with Crippen molar-refractivity contribution in [1.82, 2.24) is 9.97 Å². The molecule has 0 unspecified atom stereocenters. The molecule has 2 aromatic heterocycles. The molecule has 0 saturated heterocycles. The topological polar surface area (TPSA) is 76.2 Å². The average Bonchev–Trinajstić information content (AvgIpc) is 2.75. The summed E-state index contributed by atoms with van der Waals surface area (Å²) >= 11 is 0. The van der Waals surface area contributed by atoms with E-state index < -0.39 is 5.97 Å². The predicted molar refractivity (Wildman–Crippen MR) is 65.4 cm³/mol. The minimum Gasteiger partial charge on any atom is -0.478 e. The Kier molecular flexibility index (Phi) is 3.41. The summed E-state index contributed by atoms with van der Waals surface area (Å²) in [5, 5.41) is 9.07. The van der Waals surface area contributed by atoms with E-state index in [1.54, 1.807) is 12.3 Å². The fourth-order valence-corrected chi connectivity index (χ4v) is 1.77. The Morgan fingerprint density at radius 1 is 1.50 bits per heavy atom. The molecule has 0 radical (unpaired) electrons. The van der Waals surface area contributed by atoms with Gasteiger partial charge < -0.3 is 9.52 Å². The molecule has 0 aliphatic carbocycles. The highest BCUT2D eigenvalue weighted by atomic mass is 16.4. The first-order valence-electron chi connectivity index (χ1n) is 5.77. The summed E-state index contributed by atoms with van der Waals surface area (Å²) in [6.45, 7) is 3.81. The average molecular weight is 246 g/mol. The first-order chi connectivity index (χ1) is 8.63. The third-order valence-corrected chi connectivity index (χ3v) is 2.68. The molecule has 0 aromatic carbocycles. The van der Waals surface area contributed by atoms with Gasteiger partial charge in [-0.2, -0.15) is 0 Å². The molecule has 0 atom stereocenters. The summed E-state index contributed by atoms with van der Waals surface area (Å²) in [6.07, 6.45) is 4.38. The van der Waals surface area contributed by atoms with Crippen LogP contribution in [0.15, 0.2) is 22.9 Å². The van der Waals surface area contributed by atoms with Gasteiger partial charge in [-0.3, -0.25) is 0 Å². The van der Waals surface area contributed by atoms with E-state index >= 15 is 0 Å². The van der Waals surface area contributed by atoms with Crippen LogP contribution in [0, 0.1) is 6.92 Å². The lowest BCUT2D eigenvalue weighted by molar-refractivity contribution is 0.0694. The highest BCUT2D eigenvalue weighted by Crippen LogP contribution is 2.21. The quantitative estimate of drug-likeness (QED) is 0.897. The fraction of sp³-hybridized carbons (Fsp3) is 0.308. The van der Waals surface area contributed by atoms with Crippen LogP contribution in [0.5, 0.6) is 0 Å². The van der Waals surface area contributed by atoms with Gasteiger partial charge >= 0.3 is 5.97 Å². The first kappa shape index (κ1) is 12.3. The summed E-state index contributed by atoms with van der Waals surface area (Å²) in [5.41, 5.74) is 1.53. The van der Waals surface area contributed by atoms with E-state index in [1.807, 2.05) is 13.8 Å². The normalized spacial score (nSPS) is 10.6. The second kappa shape index (κ2) is 5.00. The highest BCUT2D eigenvalue weighted by Gasteiger charge is 2.15. The van der Waals surface area contributed by atoms with Gasteiger partial charge in [0.2, 0.25) is 0 Å². The van der Waals surface area contributed by atoms with Crippen molar-refractivity contribution in [2.24, 2.45) is 0 Å². The number of aromatic carboxylic acids is 1. The summed E-state index contributed by atoms with van der Waals surface area (Å²) < 4.78 is 5.20. The molecule has 0 aliphatic rings. The van der Waals surface area contributed by atoms with Crippen LogP contribution in [0.3, 0.4) is 0 Å². The third-order valence-electron chi connectivity index (χ3n) is 2.68. The van der Waals surface area contributed by atoms with Gasteiger partial charge in [-0.1, -0.05) is 13.3 Å². The van der Waals surface area contributed by atoms with E-state index in [2.05, 4.69) is 9.97 Å². The van der Waals surface area contributed by atoms with E-state index in [1.165, 1.54) is 6.20 Å². The number of carboxylic acids is 1. The van der Waals surface area contributed by atoms with Crippen LogP contribution in [0.2, 0.25) is 0 Å². The summed E-state index contributed by atoms with van der Waals surface area (Å²) in [6, 6.07) is 1.78. The maximum Gasteiger partial charge on any atom is 0.339 e. The van der Waals surface area contributed by atoms with Crippen LogP contribution in [-0.4, -0.2) is 21.0 Å². The Balaban J connectivity index is 2.49. The largest absolute Gasteiger partial charge is 0.478 e. The minimum atomic E-state index is -0.992. The maximum absolute atomic E-state index is 11.1. The van der Waals surface area contributed by atoms with E-state index in [4.69, 9.17) is 9.52 Å². The summed E-state index contributed by atoms with van der Waals surface area (Å²) in [4.78, 5) is 19.5. The zero-order chi connectivity index (χ0) is 13.1. The Hall–Kier alpha value is -2.17. The van der Waals surface area contributed by atoms with E-state index in [9.17, 15) is 4.79 Å². The van der Waals surface area contributed by atoms with Crippen LogP contribution >= 0.6 is 0 Å². The van der Waals surface area contributed by atoms with Crippen molar-refractivity contribution in [3.05, 3.63) is 35.5 Å². The SMILES string of the molecule is CCCc1nc(-c2ccoc2C)ncc1C(=O)O. The van der Waals surface area contributed by atoms with E-state index in [-0.39, 0.29) is 5.56 Å². The van der Waals surface area contributed by atoms with Gasteiger partial charge in [-0.25, -0.2) is 14.8 Å². The lowest BCUT2D eigenvalue weighted by atomic mass is 10.1. The van der Waals surface area contributed by atoms with Gasteiger partial charge in [0.25, 0.3) is 0 Å². The van der Waals surface area contributed by atoms with Crippen molar-refractivity contribution < 1.29 is 14.3 Å². The number of furan rings is 1. The molecule has 2 heterocycles. The van der Waals surface area contributed by atoms with Gasteiger partial charge in [0.15, 0.2) is 5.82 Å². The lowest BCUT2D eigenvalue weighted by Crippen LogP contribution is -2.07. The molecule has 0 fully saturated rings. The zero-order valence-electron chi connectivity index (χ0n) is 10.3. The Morgan fingerprint density at radius 3 is 2.83 bits per heavy atom. The number of hydrogen-bond acceptors (Lipinski definition) is 4. The van der Waals surface area contributed by atoms with Crippen LogP contribution < -0.4 is 0 Å². The molecule has 5 heteroatoms. The molecule has 18 heavy (non-hydrogen) atoms. The number of aryl methyl sites for hydroxylation is 2. The molecular weight excluding hydrogens is 232 g/mol. The Labute approximate surface area is 105 Å². The minimum absolute atomic E-state index is 0.168. The van der Waals surface area contributed by atoms with E-state index in [0.717, 1.165) is 17.7 Å². The second-order valence-electron chi connectivity index (χ2n) is 4.00. The molecule has 2 rings (SSSR count). The molecule has 0 spiro atoms. The molecule has 2 aromatic rings. The Bertz CT molecular complexity index is 575. The molecule has 94 valence electrons. The van der Waals surface area contributed by atoms with E-state index in [0.29, 0.717) is 17.9 Å². The van der Waals surface area contributed by atoms with Crippen LogP contribution in [0.25, 0.3) is 11.4 Å². The number of nitrogens with zero attached hydrogens (tertiary/aromatic N) is 2. The number of carboxylic acid groups (broad SMARTS) is 1. The van der Waals surface area contributed by atoms with Crippen LogP contribution in [0.1, 0.15) is 35.2 Å². The van der Waals surface area contributed by atoms with Crippen molar-refractivity contribution in [2.75, 3.05) is 0 Å². The lowest BCUT2D eigenvalue weighted by Gasteiger charge is -2.05. The van der Waals surface area contributed by atoms with Gasteiger partial charge in [0.1, 0.15) is 5.76 Å². The van der Waals surface area contributed by atoms with Gasteiger partial charge in [0.05, 0.1) is 23.1 Å². The number of hydrogen-bond donors (Lipinski definition) is 1. The Morgan fingerprint density at radius 2 is 2.28 bits per heavy atom. The predicted octanol–water partition coefficient (Wildman–Crippen LogP) is 2.70. The van der Waals surface area contributed by atoms with Gasteiger partial charge in [-0.15, -0.1) is 0 Å². The van der Waals surface area contributed by atoms with Gasteiger partial charge in [0, 0.05) is 6.20 Å². The molecular formula is C13H14N2O3. The molecule has 1 N–H and O–H groups in total. The van der Waals surface area contributed by atoms with Gasteiger partial charge in [-0.05, 0) is 19.4 Å². The monoisotopic (exact) mass is 246 g/mol. The number of rotatable bonds is 4. The zero-order valence-corrected chi connectivity index (χ0v) is 10.3. The van der Waals surface area contributed by atoms with Crippen LogP contribution in [0.4, 0.5) is 0 Å². The van der Waals surface area contributed by atoms with Crippen molar-refractivity contribution in [3.8, 4) is 11.4 Å². The number of carbonyl (C=O) groups is 1. The van der Waals surface area contributed by atoms with Crippen molar-refractivity contribution in [1.29, 1.82) is 0 Å².